The van der Waals surface area contributed by atoms with Crippen LogP contribution in [0.15, 0.2) is 71.6 Å². The van der Waals surface area contributed by atoms with Crippen molar-refractivity contribution in [1.29, 1.82) is 0 Å². The number of carbonyl (C=O) groups excluding carboxylic acids is 1. The predicted octanol–water partition coefficient (Wildman–Crippen LogP) is 5.63. The standard InChI is InChI=1S/C27H32N2O4S/c1-18(2)16-25(21-10-14-24(33-5)15-11-21)28-27(30)22-9-8-20(4)26(17-22)34(31,32)29-23-12-6-19(3)7-13-23/h6-15,17-18,25,29H,16H2,1-5H3,(H,28,30)/t25-/m0/s1. The molecule has 1 atom stereocenters. The number of hydrogen-bond acceptors (Lipinski definition) is 4. The lowest BCUT2D eigenvalue weighted by molar-refractivity contribution is 0.0931. The van der Waals surface area contributed by atoms with Gasteiger partial charge in [0.05, 0.1) is 18.0 Å². The summed E-state index contributed by atoms with van der Waals surface area (Å²) in [5.41, 5.74) is 3.31. The van der Waals surface area contributed by atoms with Crippen LogP contribution in [-0.2, 0) is 10.0 Å². The fourth-order valence-corrected chi connectivity index (χ4v) is 5.02. The van der Waals surface area contributed by atoms with Crippen molar-refractivity contribution in [1.82, 2.24) is 5.32 Å². The van der Waals surface area contributed by atoms with Crippen molar-refractivity contribution in [3.05, 3.63) is 89.0 Å². The molecule has 0 aliphatic heterocycles. The number of carbonyl (C=O) groups is 1. The highest BCUT2D eigenvalue weighted by atomic mass is 32.2. The molecule has 6 nitrogen and oxygen atoms in total. The van der Waals surface area contributed by atoms with E-state index in [4.69, 9.17) is 4.74 Å². The van der Waals surface area contributed by atoms with Crippen LogP contribution in [0.5, 0.6) is 5.75 Å². The quantitative estimate of drug-likeness (QED) is 0.416. The van der Waals surface area contributed by atoms with Crippen molar-refractivity contribution in [3.8, 4) is 5.75 Å². The maximum absolute atomic E-state index is 13.2. The van der Waals surface area contributed by atoms with Crippen LogP contribution in [-0.4, -0.2) is 21.4 Å². The summed E-state index contributed by atoms with van der Waals surface area (Å²) in [7, 11) is -2.25. The Morgan fingerprint density at radius 3 is 2.18 bits per heavy atom. The van der Waals surface area contributed by atoms with Crippen molar-refractivity contribution in [2.45, 2.75) is 45.1 Å². The maximum atomic E-state index is 13.2. The molecule has 34 heavy (non-hydrogen) atoms. The van der Waals surface area contributed by atoms with Crippen LogP contribution < -0.4 is 14.8 Å². The van der Waals surface area contributed by atoms with Gasteiger partial charge in [0.2, 0.25) is 0 Å². The Morgan fingerprint density at radius 1 is 0.941 bits per heavy atom. The smallest absolute Gasteiger partial charge is 0.262 e. The van der Waals surface area contributed by atoms with Crippen molar-refractivity contribution >= 4 is 21.6 Å². The minimum absolute atomic E-state index is 0.0746. The van der Waals surface area contributed by atoms with Crippen LogP contribution in [0.4, 0.5) is 5.69 Å². The minimum atomic E-state index is -3.86. The van der Waals surface area contributed by atoms with Gasteiger partial charge in [-0.05, 0) is 73.7 Å². The summed E-state index contributed by atoms with van der Waals surface area (Å²) in [4.78, 5) is 13.2. The number of ether oxygens (including phenoxy) is 1. The Kier molecular flexibility index (Phi) is 7.99. The molecule has 7 heteroatoms. The molecule has 0 saturated heterocycles. The fraction of sp³-hybridized carbons (Fsp3) is 0.296. The zero-order valence-corrected chi connectivity index (χ0v) is 21.1. The fourth-order valence-electron chi connectivity index (χ4n) is 3.69. The third kappa shape index (κ3) is 6.38. The summed E-state index contributed by atoms with van der Waals surface area (Å²) >= 11 is 0. The Balaban J connectivity index is 1.86. The molecule has 3 aromatic carbocycles. The summed E-state index contributed by atoms with van der Waals surface area (Å²) in [6.45, 7) is 7.83. The first-order valence-electron chi connectivity index (χ1n) is 11.2. The highest BCUT2D eigenvalue weighted by Crippen LogP contribution is 2.25. The van der Waals surface area contributed by atoms with Gasteiger partial charge in [-0.15, -0.1) is 0 Å². The number of sulfonamides is 1. The first-order chi connectivity index (χ1) is 16.1. The first-order valence-corrected chi connectivity index (χ1v) is 12.7. The van der Waals surface area contributed by atoms with Crippen molar-refractivity contribution < 1.29 is 17.9 Å². The number of benzene rings is 3. The summed E-state index contributed by atoms with van der Waals surface area (Å²) in [6.07, 6.45) is 0.740. The third-order valence-electron chi connectivity index (χ3n) is 5.57. The van der Waals surface area contributed by atoms with Gasteiger partial charge in [-0.25, -0.2) is 8.42 Å². The van der Waals surface area contributed by atoms with Gasteiger partial charge in [0.1, 0.15) is 5.75 Å². The second kappa shape index (κ2) is 10.7. The largest absolute Gasteiger partial charge is 0.497 e. The van der Waals surface area contributed by atoms with Crippen molar-refractivity contribution in [2.75, 3.05) is 11.8 Å². The van der Waals surface area contributed by atoms with E-state index in [2.05, 4.69) is 23.9 Å². The Labute approximate surface area is 202 Å². The second-order valence-corrected chi connectivity index (χ2v) is 10.5. The van der Waals surface area contributed by atoms with Crippen LogP contribution in [0.1, 0.15) is 53.4 Å². The zero-order chi connectivity index (χ0) is 24.9. The zero-order valence-electron chi connectivity index (χ0n) is 20.3. The summed E-state index contributed by atoms with van der Waals surface area (Å²) in [6, 6.07) is 19.2. The van der Waals surface area contributed by atoms with Gasteiger partial charge in [-0.3, -0.25) is 9.52 Å². The maximum Gasteiger partial charge on any atom is 0.262 e. The number of methoxy groups -OCH3 is 1. The van der Waals surface area contributed by atoms with E-state index >= 15 is 0 Å². The average Bonchev–Trinajstić information content (AvgIpc) is 2.80. The molecule has 0 heterocycles. The van der Waals surface area contributed by atoms with Gasteiger partial charge in [0.25, 0.3) is 15.9 Å². The normalized spacial score (nSPS) is 12.3. The highest BCUT2D eigenvalue weighted by Gasteiger charge is 2.22. The minimum Gasteiger partial charge on any atom is -0.497 e. The van der Waals surface area contributed by atoms with Crippen LogP contribution in [0, 0.1) is 19.8 Å². The predicted molar refractivity (Wildman–Crippen MR) is 136 cm³/mol. The molecule has 2 N–H and O–H groups in total. The molecule has 0 unspecified atom stereocenters. The molecule has 0 aliphatic rings. The molecule has 1 amide bonds. The first kappa shape index (κ1) is 25.3. The van der Waals surface area contributed by atoms with Gasteiger partial charge in [-0.1, -0.05) is 49.7 Å². The number of aryl methyl sites for hydroxylation is 2. The van der Waals surface area contributed by atoms with Crippen LogP contribution in [0.3, 0.4) is 0 Å². The van der Waals surface area contributed by atoms with Gasteiger partial charge >= 0.3 is 0 Å². The molecule has 3 aromatic rings. The molecule has 180 valence electrons. The van der Waals surface area contributed by atoms with E-state index < -0.39 is 10.0 Å². The number of amides is 1. The molecule has 0 saturated carbocycles. The lowest BCUT2D eigenvalue weighted by Gasteiger charge is -2.22. The van der Waals surface area contributed by atoms with Gasteiger partial charge in [0.15, 0.2) is 0 Å². The Hall–Kier alpha value is -3.32. The topological polar surface area (TPSA) is 84.5 Å². The average molecular weight is 481 g/mol. The molecule has 0 aliphatic carbocycles. The third-order valence-corrected chi connectivity index (χ3v) is 7.10. The van der Waals surface area contributed by atoms with Crippen LogP contribution in [0.25, 0.3) is 0 Å². The summed E-state index contributed by atoms with van der Waals surface area (Å²) in [5, 5.41) is 3.08. The van der Waals surface area contributed by atoms with E-state index in [0.29, 0.717) is 17.2 Å². The molecule has 3 rings (SSSR count). The molecule has 0 radical (unpaired) electrons. The van der Waals surface area contributed by atoms with Crippen LogP contribution >= 0.6 is 0 Å². The van der Waals surface area contributed by atoms with E-state index in [1.807, 2.05) is 43.3 Å². The van der Waals surface area contributed by atoms with E-state index in [1.54, 1.807) is 38.3 Å². The van der Waals surface area contributed by atoms with E-state index in [9.17, 15) is 13.2 Å². The lowest BCUT2D eigenvalue weighted by atomic mass is 9.96. The Bertz CT molecular complexity index is 1230. The van der Waals surface area contributed by atoms with Crippen LogP contribution in [0.2, 0.25) is 0 Å². The molecular weight excluding hydrogens is 448 g/mol. The molecule has 0 spiro atoms. The Morgan fingerprint density at radius 2 is 1.59 bits per heavy atom. The van der Waals surface area contributed by atoms with E-state index in [-0.39, 0.29) is 22.4 Å². The monoisotopic (exact) mass is 480 g/mol. The number of nitrogens with one attached hydrogen (secondary N) is 2. The van der Waals surface area contributed by atoms with Gasteiger partial charge < -0.3 is 10.1 Å². The molecule has 0 bridgehead atoms. The van der Waals surface area contributed by atoms with Gasteiger partial charge in [0, 0.05) is 11.3 Å². The number of anilines is 1. The van der Waals surface area contributed by atoms with Crippen molar-refractivity contribution in [3.63, 3.8) is 0 Å². The highest BCUT2D eigenvalue weighted by molar-refractivity contribution is 7.92. The molecular formula is C27H32N2O4S. The van der Waals surface area contributed by atoms with Gasteiger partial charge in [-0.2, -0.15) is 0 Å². The second-order valence-electron chi connectivity index (χ2n) is 8.88. The summed E-state index contributed by atoms with van der Waals surface area (Å²) < 4.78 is 34.0. The number of hydrogen-bond donors (Lipinski definition) is 2. The number of rotatable bonds is 9. The van der Waals surface area contributed by atoms with E-state index in [0.717, 1.165) is 23.3 Å². The molecule has 0 aromatic heterocycles. The summed E-state index contributed by atoms with van der Waals surface area (Å²) in [5.74, 6) is 0.765. The SMILES string of the molecule is COc1ccc([C@H](CC(C)C)NC(=O)c2ccc(C)c(S(=O)(=O)Nc3ccc(C)cc3)c2)cc1. The molecule has 0 fully saturated rings. The van der Waals surface area contributed by atoms with Crippen molar-refractivity contribution in [2.24, 2.45) is 5.92 Å². The lowest BCUT2D eigenvalue weighted by Crippen LogP contribution is -2.29. The van der Waals surface area contributed by atoms with E-state index in [1.165, 1.54) is 6.07 Å².